The largest absolute Gasteiger partial charge is 0.395 e. The lowest BCUT2D eigenvalue weighted by atomic mass is 9.94. The summed E-state index contributed by atoms with van der Waals surface area (Å²) in [6, 6.07) is 0. The molecule has 0 aromatic rings. The molecule has 0 fully saturated rings. The first-order valence-corrected chi connectivity index (χ1v) is 4.71. The number of nitrogens with two attached hydrogens (primary N) is 1. The zero-order chi connectivity index (χ0) is 9.73. The van der Waals surface area contributed by atoms with Crippen LogP contribution in [0.15, 0.2) is 24.3 Å². The Labute approximate surface area is 83.3 Å². The van der Waals surface area contributed by atoms with Gasteiger partial charge in [-0.25, -0.2) is 0 Å². The topological polar surface area (TPSA) is 58.3 Å². The number of alkyl halides is 1. The molecule has 13 heavy (non-hydrogen) atoms. The van der Waals surface area contributed by atoms with E-state index in [0.29, 0.717) is 13.1 Å². The van der Waals surface area contributed by atoms with Crippen LogP contribution in [0.3, 0.4) is 0 Å². The summed E-state index contributed by atoms with van der Waals surface area (Å²) in [5.74, 6) is 0.0747. The summed E-state index contributed by atoms with van der Waals surface area (Å²) in [6.07, 6.45) is 7.64. The van der Waals surface area contributed by atoms with Gasteiger partial charge in [-0.05, 0) is 6.08 Å². The molecular formula is C9H15ClN2O. The Morgan fingerprint density at radius 1 is 1.54 bits per heavy atom. The van der Waals surface area contributed by atoms with Crippen molar-refractivity contribution in [2.24, 2.45) is 11.7 Å². The van der Waals surface area contributed by atoms with E-state index in [4.69, 9.17) is 22.4 Å². The van der Waals surface area contributed by atoms with Gasteiger partial charge in [0.2, 0.25) is 0 Å². The van der Waals surface area contributed by atoms with E-state index in [0.717, 1.165) is 0 Å². The average Bonchev–Trinajstić information content (AvgIpc) is 2.16. The second-order valence-corrected chi connectivity index (χ2v) is 3.63. The van der Waals surface area contributed by atoms with E-state index in [1.54, 1.807) is 0 Å². The minimum Gasteiger partial charge on any atom is -0.395 e. The van der Waals surface area contributed by atoms with E-state index in [9.17, 15) is 0 Å². The normalized spacial score (nSPS) is 32.4. The second kappa shape index (κ2) is 4.77. The molecule has 2 unspecified atom stereocenters. The molecule has 0 aromatic heterocycles. The van der Waals surface area contributed by atoms with Crippen molar-refractivity contribution in [2.45, 2.75) is 5.00 Å². The smallest absolute Gasteiger partial charge is 0.120 e. The van der Waals surface area contributed by atoms with Gasteiger partial charge in [-0.3, -0.25) is 5.32 Å². The number of allylic oxidation sites excluding steroid dienone is 2. The molecule has 0 saturated heterocycles. The Bertz CT molecular complexity index is 218. The molecule has 4 N–H and O–H groups in total. The van der Waals surface area contributed by atoms with Gasteiger partial charge in [-0.1, -0.05) is 29.8 Å². The standard InChI is InChI=1S/C9H15ClN2O/c10-9(12-5-6-13)4-2-1-3-8(9)7-11/h1-4,8,12-13H,5-7,11H2. The molecule has 0 amide bonds. The maximum atomic E-state index is 8.68. The first-order valence-electron chi connectivity index (χ1n) is 4.34. The highest BCUT2D eigenvalue weighted by Gasteiger charge is 2.32. The number of rotatable bonds is 4. The predicted molar refractivity (Wildman–Crippen MR) is 54.5 cm³/mol. The fourth-order valence-corrected chi connectivity index (χ4v) is 1.67. The zero-order valence-corrected chi connectivity index (χ0v) is 8.17. The number of nitrogens with one attached hydrogen (secondary N) is 1. The molecule has 2 atom stereocenters. The highest BCUT2D eigenvalue weighted by Crippen LogP contribution is 2.27. The molecule has 0 aromatic carbocycles. The van der Waals surface area contributed by atoms with Gasteiger partial charge in [0.1, 0.15) is 5.00 Å². The number of hydrogen-bond donors (Lipinski definition) is 3. The van der Waals surface area contributed by atoms with E-state index in [1.165, 1.54) is 0 Å². The summed E-state index contributed by atoms with van der Waals surface area (Å²) in [7, 11) is 0. The number of aliphatic hydroxyl groups is 1. The van der Waals surface area contributed by atoms with Crippen LogP contribution in [-0.2, 0) is 0 Å². The summed E-state index contributed by atoms with van der Waals surface area (Å²) in [6.45, 7) is 1.03. The Hall–Kier alpha value is -0.350. The average molecular weight is 203 g/mol. The van der Waals surface area contributed by atoms with Crippen LogP contribution >= 0.6 is 11.6 Å². The monoisotopic (exact) mass is 202 g/mol. The molecule has 0 bridgehead atoms. The molecule has 0 radical (unpaired) electrons. The Balaban J connectivity index is 2.62. The molecule has 1 aliphatic carbocycles. The fraction of sp³-hybridized carbons (Fsp3) is 0.556. The second-order valence-electron chi connectivity index (χ2n) is 3.00. The summed E-state index contributed by atoms with van der Waals surface area (Å²) in [4.78, 5) is -0.633. The Kier molecular flexibility index (Phi) is 3.93. The molecular weight excluding hydrogens is 188 g/mol. The number of halogens is 1. The van der Waals surface area contributed by atoms with Crippen molar-refractivity contribution in [3.8, 4) is 0 Å². The predicted octanol–water partition coefficient (Wildman–Crippen LogP) is 0.204. The van der Waals surface area contributed by atoms with E-state index in [1.807, 2.05) is 24.3 Å². The number of aliphatic hydroxyl groups excluding tert-OH is 1. The van der Waals surface area contributed by atoms with Crippen LogP contribution in [0.1, 0.15) is 0 Å². The van der Waals surface area contributed by atoms with E-state index >= 15 is 0 Å². The van der Waals surface area contributed by atoms with Crippen LogP contribution in [0.4, 0.5) is 0 Å². The van der Waals surface area contributed by atoms with Crippen LogP contribution in [-0.4, -0.2) is 29.8 Å². The van der Waals surface area contributed by atoms with Gasteiger partial charge < -0.3 is 10.8 Å². The van der Waals surface area contributed by atoms with Crippen molar-refractivity contribution in [2.75, 3.05) is 19.7 Å². The van der Waals surface area contributed by atoms with Gasteiger partial charge in [0, 0.05) is 19.0 Å². The molecule has 0 spiro atoms. The van der Waals surface area contributed by atoms with Crippen LogP contribution in [0.5, 0.6) is 0 Å². The van der Waals surface area contributed by atoms with Crippen molar-refractivity contribution in [1.29, 1.82) is 0 Å². The quantitative estimate of drug-likeness (QED) is 0.451. The highest BCUT2D eigenvalue weighted by molar-refractivity contribution is 6.25. The molecule has 3 nitrogen and oxygen atoms in total. The molecule has 1 rings (SSSR count). The third-order valence-electron chi connectivity index (χ3n) is 2.09. The van der Waals surface area contributed by atoms with Gasteiger partial charge in [0.05, 0.1) is 6.61 Å². The minimum absolute atomic E-state index is 0.0727. The lowest BCUT2D eigenvalue weighted by Gasteiger charge is -2.32. The van der Waals surface area contributed by atoms with Crippen LogP contribution in [0.25, 0.3) is 0 Å². The fourth-order valence-electron chi connectivity index (χ4n) is 1.35. The molecule has 1 aliphatic rings. The minimum atomic E-state index is -0.633. The molecule has 0 aliphatic heterocycles. The van der Waals surface area contributed by atoms with Crippen molar-refractivity contribution in [3.05, 3.63) is 24.3 Å². The third-order valence-corrected chi connectivity index (χ3v) is 2.63. The van der Waals surface area contributed by atoms with Crippen LogP contribution < -0.4 is 11.1 Å². The molecule has 0 heterocycles. The summed E-state index contributed by atoms with van der Waals surface area (Å²) in [5.41, 5.74) is 5.58. The van der Waals surface area contributed by atoms with Gasteiger partial charge in [-0.2, -0.15) is 0 Å². The maximum absolute atomic E-state index is 8.68. The molecule has 74 valence electrons. The summed E-state index contributed by atoms with van der Waals surface area (Å²) in [5, 5.41) is 11.7. The van der Waals surface area contributed by atoms with Crippen molar-refractivity contribution in [3.63, 3.8) is 0 Å². The molecule has 4 heteroatoms. The van der Waals surface area contributed by atoms with E-state index < -0.39 is 5.00 Å². The Morgan fingerprint density at radius 2 is 2.31 bits per heavy atom. The van der Waals surface area contributed by atoms with Gasteiger partial charge >= 0.3 is 0 Å². The van der Waals surface area contributed by atoms with Crippen molar-refractivity contribution >= 4 is 11.6 Å². The first kappa shape index (κ1) is 10.7. The summed E-state index contributed by atoms with van der Waals surface area (Å²) >= 11 is 6.28. The zero-order valence-electron chi connectivity index (χ0n) is 7.41. The molecule has 0 saturated carbocycles. The number of hydrogen-bond acceptors (Lipinski definition) is 3. The van der Waals surface area contributed by atoms with E-state index in [2.05, 4.69) is 5.32 Å². The lowest BCUT2D eigenvalue weighted by molar-refractivity contribution is 0.276. The highest BCUT2D eigenvalue weighted by atomic mass is 35.5. The van der Waals surface area contributed by atoms with E-state index in [-0.39, 0.29) is 12.5 Å². The van der Waals surface area contributed by atoms with Gasteiger partial charge in [0.25, 0.3) is 0 Å². The first-order chi connectivity index (χ1) is 6.23. The SMILES string of the molecule is NCC1C=CC=CC1(Cl)NCCO. The van der Waals surface area contributed by atoms with Crippen LogP contribution in [0, 0.1) is 5.92 Å². The lowest BCUT2D eigenvalue weighted by Crippen LogP contribution is -2.48. The van der Waals surface area contributed by atoms with Gasteiger partial charge in [-0.15, -0.1) is 0 Å². The van der Waals surface area contributed by atoms with Crippen molar-refractivity contribution in [1.82, 2.24) is 5.32 Å². The summed E-state index contributed by atoms with van der Waals surface area (Å²) < 4.78 is 0. The Morgan fingerprint density at radius 3 is 2.92 bits per heavy atom. The van der Waals surface area contributed by atoms with Crippen molar-refractivity contribution < 1.29 is 5.11 Å². The van der Waals surface area contributed by atoms with Gasteiger partial charge in [0.15, 0.2) is 0 Å². The maximum Gasteiger partial charge on any atom is 0.120 e. The third kappa shape index (κ3) is 2.54. The van der Waals surface area contributed by atoms with Crippen LogP contribution in [0.2, 0.25) is 0 Å².